The smallest absolute Gasteiger partial charge is 0.312 e. The Morgan fingerprint density at radius 1 is 1.08 bits per heavy atom. The molecule has 0 radical (unpaired) electrons. The third kappa shape index (κ3) is 3.83. The molecule has 3 amide bonds. The molecule has 3 rings (SSSR count). The van der Waals surface area contributed by atoms with E-state index >= 15 is 0 Å². The molecule has 6 heteroatoms. The first-order valence-electron chi connectivity index (χ1n) is 8.88. The number of piperazine rings is 1. The van der Waals surface area contributed by atoms with Gasteiger partial charge in [-0.25, -0.2) is 0 Å². The van der Waals surface area contributed by atoms with Crippen LogP contribution in [0, 0.1) is 5.92 Å². The topological polar surface area (TPSA) is 60.9 Å². The van der Waals surface area contributed by atoms with Gasteiger partial charge in [-0.1, -0.05) is 19.1 Å². The van der Waals surface area contributed by atoms with Crippen molar-refractivity contribution in [1.29, 1.82) is 0 Å². The van der Waals surface area contributed by atoms with Crippen molar-refractivity contribution < 1.29 is 14.4 Å². The molecule has 2 saturated heterocycles. The highest BCUT2D eigenvalue weighted by Gasteiger charge is 2.30. The summed E-state index contributed by atoms with van der Waals surface area (Å²) in [6.45, 7) is 5.30. The van der Waals surface area contributed by atoms with Crippen LogP contribution in [0.2, 0.25) is 0 Å². The molecule has 0 saturated carbocycles. The van der Waals surface area contributed by atoms with E-state index in [1.807, 2.05) is 29.2 Å². The molecule has 1 aromatic carbocycles. The molecular weight excluding hydrogens is 318 g/mol. The maximum atomic E-state index is 12.6. The Hall–Kier alpha value is -2.37. The van der Waals surface area contributed by atoms with Gasteiger partial charge in [-0.15, -0.1) is 0 Å². The van der Waals surface area contributed by atoms with E-state index in [9.17, 15) is 14.4 Å². The van der Waals surface area contributed by atoms with Gasteiger partial charge in [-0.2, -0.15) is 0 Å². The molecular formula is C19H25N3O3. The second kappa shape index (κ2) is 7.25. The van der Waals surface area contributed by atoms with Gasteiger partial charge < -0.3 is 14.7 Å². The number of likely N-dealkylation sites (N-methyl/N-ethyl adjacent to an activating group) is 1. The summed E-state index contributed by atoms with van der Waals surface area (Å²) >= 11 is 0. The van der Waals surface area contributed by atoms with Crippen LogP contribution in [0.4, 0.5) is 0 Å². The second-order valence-electron chi connectivity index (χ2n) is 7.15. The number of carbonyl (C=O) groups excluding carboxylic acids is 3. The number of piperidine rings is 1. The highest BCUT2D eigenvalue weighted by atomic mass is 16.2. The number of rotatable bonds is 3. The summed E-state index contributed by atoms with van der Waals surface area (Å²) in [6.07, 6.45) is 2.24. The summed E-state index contributed by atoms with van der Waals surface area (Å²) < 4.78 is 0. The van der Waals surface area contributed by atoms with E-state index in [1.165, 1.54) is 11.3 Å². The first-order chi connectivity index (χ1) is 12.0. The number of likely N-dealkylation sites (tertiary alicyclic amines) is 1. The Morgan fingerprint density at radius 3 is 2.48 bits per heavy atom. The van der Waals surface area contributed by atoms with Gasteiger partial charge >= 0.3 is 11.8 Å². The Labute approximate surface area is 148 Å². The van der Waals surface area contributed by atoms with Gasteiger partial charge in [0.2, 0.25) is 0 Å². The van der Waals surface area contributed by atoms with E-state index in [-0.39, 0.29) is 5.91 Å². The van der Waals surface area contributed by atoms with E-state index in [0.29, 0.717) is 31.1 Å². The molecule has 0 aromatic heterocycles. The minimum absolute atomic E-state index is 0.0731. The van der Waals surface area contributed by atoms with Crippen molar-refractivity contribution in [1.82, 2.24) is 14.7 Å². The van der Waals surface area contributed by atoms with Crippen molar-refractivity contribution in [3.8, 4) is 0 Å². The summed E-state index contributed by atoms with van der Waals surface area (Å²) in [5.74, 6) is -0.296. The molecule has 134 valence electrons. The summed E-state index contributed by atoms with van der Waals surface area (Å²) in [5.41, 5.74) is 1.60. The second-order valence-corrected chi connectivity index (χ2v) is 7.15. The predicted molar refractivity (Wildman–Crippen MR) is 93.8 cm³/mol. The fourth-order valence-corrected chi connectivity index (χ4v) is 3.45. The Bertz CT molecular complexity index is 671. The zero-order chi connectivity index (χ0) is 18.0. The molecule has 2 heterocycles. The van der Waals surface area contributed by atoms with Crippen LogP contribution in [0.1, 0.15) is 35.7 Å². The van der Waals surface area contributed by atoms with Crippen LogP contribution in [-0.4, -0.2) is 65.6 Å². The van der Waals surface area contributed by atoms with Crippen LogP contribution in [0.5, 0.6) is 0 Å². The third-order valence-corrected chi connectivity index (χ3v) is 5.04. The predicted octanol–water partition coefficient (Wildman–Crippen LogP) is 1.36. The van der Waals surface area contributed by atoms with Gasteiger partial charge in [0.15, 0.2) is 0 Å². The Balaban J connectivity index is 1.63. The van der Waals surface area contributed by atoms with E-state index in [1.54, 1.807) is 11.9 Å². The normalized spacial score (nSPS) is 21.7. The van der Waals surface area contributed by atoms with Crippen molar-refractivity contribution in [2.45, 2.75) is 26.3 Å². The Kier molecular flexibility index (Phi) is 5.06. The fourth-order valence-electron chi connectivity index (χ4n) is 3.45. The molecule has 0 N–H and O–H groups in total. The van der Waals surface area contributed by atoms with Crippen molar-refractivity contribution in [2.24, 2.45) is 5.92 Å². The quantitative estimate of drug-likeness (QED) is 0.779. The monoisotopic (exact) mass is 343 g/mol. The van der Waals surface area contributed by atoms with E-state index in [4.69, 9.17) is 0 Å². The number of amides is 3. The zero-order valence-electron chi connectivity index (χ0n) is 14.9. The van der Waals surface area contributed by atoms with Gasteiger partial charge in [0, 0.05) is 45.3 Å². The van der Waals surface area contributed by atoms with Crippen LogP contribution >= 0.6 is 0 Å². The summed E-state index contributed by atoms with van der Waals surface area (Å²) in [4.78, 5) is 41.3. The molecule has 6 nitrogen and oxygen atoms in total. The lowest BCUT2D eigenvalue weighted by molar-refractivity contribution is -0.155. The average Bonchev–Trinajstić information content (AvgIpc) is 2.62. The maximum absolute atomic E-state index is 12.6. The summed E-state index contributed by atoms with van der Waals surface area (Å²) in [7, 11) is 1.64. The number of carbonyl (C=O) groups is 3. The molecule has 2 fully saturated rings. The first-order valence-corrected chi connectivity index (χ1v) is 8.88. The molecule has 2 aliphatic heterocycles. The number of hydrogen-bond acceptors (Lipinski definition) is 3. The van der Waals surface area contributed by atoms with E-state index in [0.717, 1.165) is 25.1 Å². The molecule has 1 atom stereocenters. The lowest BCUT2D eigenvalue weighted by Crippen LogP contribution is -2.52. The highest BCUT2D eigenvalue weighted by Crippen LogP contribution is 2.18. The number of benzene rings is 1. The molecule has 2 aliphatic rings. The average molecular weight is 343 g/mol. The fraction of sp³-hybridized carbons (Fsp3) is 0.526. The van der Waals surface area contributed by atoms with Crippen LogP contribution in [0.3, 0.4) is 0 Å². The minimum Gasteiger partial charge on any atom is -0.338 e. The van der Waals surface area contributed by atoms with Gasteiger partial charge in [0.25, 0.3) is 5.91 Å². The zero-order valence-corrected chi connectivity index (χ0v) is 14.9. The SMILES string of the molecule is CC1CCCN(C(=O)c2ccc(CN3CCN(C)C(=O)C3=O)cc2)C1. The van der Waals surface area contributed by atoms with Crippen LogP contribution < -0.4 is 0 Å². The molecule has 1 unspecified atom stereocenters. The molecule has 0 aliphatic carbocycles. The molecule has 0 bridgehead atoms. The van der Waals surface area contributed by atoms with Crippen LogP contribution in [0.15, 0.2) is 24.3 Å². The van der Waals surface area contributed by atoms with E-state index in [2.05, 4.69) is 6.92 Å². The molecule has 0 spiro atoms. The maximum Gasteiger partial charge on any atom is 0.312 e. The van der Waals surface area contributed by atoms with Gasteiger partial charge in [0.05, 0.1) is 0 Å². The lowest BCUT2D eigenvalue weighted by atomic mass is 9.99. The van der Waals surface area contributed by atoms with Crippen molar-refractivity contribution in [2.75, 3.05) is 33.2 Å². The summed E-state index contributed by atoms with van der Waals surface area (Å²) in [6, 6.07) is 7.38. The first kappa shape index (κ1) is 17.5. The van der Waals surface area contributed by atoms with E-state index < -0.39 is 11.8 Å². The van der Waals surface area contributed by atoms with Crippen molar-refractivity contribution in [3.05, 3.63) is 35.4 Å². The van der Waals surface area contributed by atoms with Gasteiger partial charge in [-0.3, -0.25) is 14.4 Å². The lowest BCUT2D eigenvalue weighted by Gasteiger charge is -2.32. The van der Waals surface area contributed by atoms with Gasteiger partial charge in [-0.05, 0) is 36.5 Å². The Morgan fingerprint density at radius 2 is 1.80 bits per heavy atom. The van der Waals surface area contributed by atoms with Gasteiger partial charge in [0.1, 0.15) is 0 Å². The number of nitrogens with zero attached hydrogens (tertiary/aromatic N) is 3. The third-order valence-electron chi connectivity index (χ3n) is 5.04. The van der Waals surface area contributed by atoms with Crippen molar-refractivity contribution in [3.63, 3.8) is 0 Å². The minimum atomic E-state index is -0.462. The van der Waals surface area contributed by atoms with Crippen LogP contribution in [-0.2, 0) is 16.1 Å². The molecule has 25 heavy (non-hydrogen) atoms. The molecule has 1 aromatic rings. The standard InChI is InChI=1S/C19H25N3O3/c1-14-4-3-9-21(12-14)17(23)16-7-5-15(6-8-16)13-22-11-10-20(2)18(24)19(22)25/h5-8,14H,3-4,9-13H2,1-2H3. The summed E-state index contributed by atoms with van der Waals surface area (Å²) in [5, 5.41) is 0. The number of hydrogen-bond donors (Lipinski definition) is 0. The van der Waals surface area contributed by atoms with Crippen molar-refractivity contribution >= 4 is 17.7 Å². The largest absolute Gasteiger partial charge is 0.338 e. The highest BCUT2D eigenvalue weighted by molar-refractivity contribution is 6.35. The van der Waals surface area contributed by atoms with Crippen LogP contribution in [0.25, 0.3) is 0 Å².